The zero-order valence-electron chi connectivity index (χ0n) is 14.0. The van der Waals surface area contributed by atoms with E-state index in [0.29, 0.717) is 5.82 Å². The summed E-state index contributed by atoms with van der Waals surface area (Å²) in [5, 5.41) is 5.92. The van der Waals surface area contributed by atoms with Gasteiger partial charge in [0.25, 0.3) is 5.91 Å². The molecule has 3 rings (SSSR count). The Labute approximate surface area is 145 Å². The van der Waals surface area contributed by atoms with Gasteiger partial charge in [0.05, 0.1) is 17.4 Å². The van der Waals surface area contributed by atoms with Crippen LogP contribution in [0.4, 0.5) is 21.6 Å². The van der Waals surface area contributed by atoms with Crippen molar-refractivity contribution in [2.75, 3.05) is 10.6 Å². The number of rotatable bonds is 4. The maximum absolute atomic E-state index is 13.6. The highest BCUT2D eigenvalue weighted by Crippen LogP contribution is 2.24. The molecule has 0 saturated carbocycles. The molecular weight excluding hydrogens is 317 g/mol. The first-order valence-corrected chi connectivity index (χ1v) is 7.90. The molecule has 4 nitrogen and oxygen atoms in total. The Kier molecular flexibility index (Phi) is 4.75. The van der Waals surface area contributed by atoms with Gasteiger partial charge in [0, 0.05) is 5.69 Å². The highest BCUT2D eigenvalue weighted by molar-refractivity contribution is 6.03. The van der Waals surface area contributed by atoms with Gasteiger partial charge in [0.15, 0.2) is 0 Å². The predicted octanol–water partition coefficient (Wildman–Crippen LogP) is 4.83. The summed E-state index contributed by atoms with van der Waals surface area (Å²) in [4.78, 5) is 16.3. The Morgan fingerprint density at radius 2 is 1.68 bits per heavy atom. The summed E-state index contributed by atoms with van der Waals surface area (Å²) in [6, 6.07) is 15.4. The third-order valence-corrected chi connectivity index (χ3v) is 3.87. The molecule has 0 saturated heterocycles. The molecule has 126 valence electrons. The molecule has 2 N–H and O–H groups in total. The lowest BCUT2D eigenvalue weighted by Crippen LogP contribution is -2.14. The van der Waals surface area contributed by atoms with Crippen LogP contribution in [0, 0.1) is 19.7 Å². The molecule has 5 heteroatoms. The van der Waals surface area contributed by atoms with Crippen molar-refractivity contribution in [1.29, 1.82) is 0 Å². The number of nitrogens with one attached hydrogen (secondary N) is 2. The van der Waals surface area contributed by atoms with Crippen molar-refractivity contribution in [3.05, 3.63) is 83.3 Å². The zero-order valence-corrected chi connectivity index (χ0v) is 14.0. The second kappa shape index (κ2) is 7.13. The minimum absolute atomic E-state index is 0.0120. The van der Waals surface area contributed by atoms with Gasteiger partial charge in [-0.3, -0.25) is 4.79 Å². The van der Waals surface area contributed by atoms with Crippen molar-refractivity contribution in [3.63, 3.8) is 0 Å². The first kappa shape index (κ1) is 16.6. The molecule has 0 radical (unpaired) electrons. The average molecular weight is 335 g/mol. The van der Waals surface area contributed by atoms with Gasteiger partial charge in [-0.25, -0.2) is 9.37 Å². The van der Waals surface area contributed by atoms with Crippen molar-refractivity contribution >= 4 is 23.1 Å². The number of aryl methyl sites for hydroxylation is 2. The number of pyridine rings is 1. The van der Waals surface area contributed by atoms with E-state index in [1.807, 2.05) is 38.1 Å². The van der Waals surface area contributed by atoms with Crippen LogP contribution in [-0.4, -0.2) is 10.9 Å². The van der Waals surface area contributed by atoms with Crippen LogP contribution in [0.1, 0.15) is 21.5 Å². The van der Waals surface area contributed by atoms with Crippen LogP contribution in [0.2, 0.25) is 0 Å². The molecule has 0 unspecified atom stereocenters. The monoisotopic (exact) mass is 335 g/mol. The summed E-state index contributed by atoms with van der Waals surface area (Å²) in [5.74, 6) is -0.727. The van der Waals surface area contributed by atoms with Crippen LogP contribution < -0.4 is 10.6 Å². The molecular formula is C20H18FN3O. The number of halogens is 1. The van der Waals surface area contributed by atoms with Crippen molar-refractivity contribution in [3.8, 4) is 0 Å². The molecule has 25 heavy (non-hydrogen) atoms. The highest BCUT2D eigenvalue weighted by atomic mass is 19.1. The number of carbonyl (C=O) groups is 1. The number of carbonyl (C=O) groups excluding carboxylic acids is 1. The quantitative estimate of drug-likeness (QED) is 0.718. The van der Waals surface area contributed by atoms with E-state index in [9.17, 15) is 9.18 Å². The average Bonchev–Trinajstić information content (AvgIpc) is 2.60. The number of aromatic nitrogens is 1. The molecule has 0 aliphatic carbocycles. The van der Waals surface area contributed by atoms with Gasteiger partial charge in [-0.15, -0.1) is 0 Å². The Hall–Kier alpha value is -3.21. The minimum atomic E-state index is -0.562. The number of benzene rings is 2. The molecule has 0 spiro atoms. The van der Waals surface area contributed by atoms with Crippen molar-refractivity contribution < 1.29 is 9.18 Å². The van der Waals surface area contributed by atoms with Crippen molar-refractivity contribution in [2.24, 2.45) is 0 Å². The van der Waals surface area contributed by atoms with Crippen LogP contribution in [0.3, 0.4) is 0 Å². The molecule has 0 aliphatic heterocycles. The number of anilines is 3. The molecule has 1 aromatic heterocycles. The Bertz CT molecular complexity index is 887. The number of nitrogens with zero attached hydrogens (tertiary/aromatic N) is 1. The Morgan fingerprint density at radius 1 is 0.960 bits per heavy atom. The third kappa shape index (κ3) is 3.83. The molecule has 1 amide bonds. The second-order valence-electron chi connectivity index (χ2n) is 5.76. The normalized spacial score (nSPS) is 10.4. The summed E-state index contributed by atoms with van der Waals surface area (Å²) in [5.41, 5.74) is 4.10. The lowest BCUT2D eigenvalue weighted by Gasteiger charge is -2.13. The van der Waals surface area contributed by atoms with E-state index in [2.05, 4.69) is 15.6 Å². The van der Waals surface area contributed by atoms with Gasteiger partial charge in [0.1, 0.15) is 11.6 Å². The maximum atomic E-state index is 13.6. The highest BCUT2D eigenvalue weighted by Gasteiger charge is 2.11. The third-order valence-electron chi connectivity index (χ3n) is 3.87. The smallest absolute Gasteiger partial charge is 0.259 e. The molecule has 2 aromatic carbocycles. The summed E-state index contributed by atoms with van der Waals surface area (Å²) in [6.45, 7) is 4.07. The van der Waals surface area contributed by atoms with E-state index in [4.69, 9.17) is 0 Å². The predicted molar refractivity (Wildman–Crippen MR) is 97.8 cm³/mol. The fraction of sp³-hybridized carbons (Fsp3) is 0.100. The van der Waals surface area contributed by atoms with E-state index < -0.39 is 11.7 Å². The van der Waals surface area contributed by atoms with Crippen LogP contribution in [0.25, 0.3) is 0 Å². The molecule has 0 atom stereocenters. The van der Waals surface area contributed by atoms with E-state index in [1.54, 1.807) is 24.4 Å². The van der Waals surface area contributed by atoms with Gasteiger partial charge >= 0.3 is 0 Å². The van der Waals surface area contributed by atoms with E-state index in [0.717, 1.165) is 22.5 Å². The van der Waals surface area contributed by atoms with Gasteiger partial charge < -0.3 is 10.6 Å². The van der Waals surface area contributed by atoms with Crippen LogP contribution in [0.15, 0.2) is 60.8 Å². The van der Waals surface area contributed by atoms with Crippen LogP contribution >= 0.6 is 0 Å². The van der Waals surface area contributed by atoms with E-state index >= 15 is 0 Å². The molecule has 3 aromatic rings. The van der Waals surface area contributed by atoms with Gasteiger partial charge in [-0.2, -0.15) is 0 Å². The summed E-state index contributed by atoms with van der Waals surface area (Å²) >= 11 is 0. The fourth-order valence-electron chi connectivity index (χ4n) is 2.53. The van der Waals surface area contributed by atoms with Gasteiger partial charge in [-0.05, 0) is 49.2 Å². The molecule has 1 heterocycles. The van der Waals surface area contributed by atoms with E-state index in [-0.39, 0.29) is 5.56 Å². The summed E-state index contributed by atoms with van der Waals surface area (Å²) in [6.07, 6.45) is 1.63. The van der Waals surface area contributed by atoms with Gasteiger partial charge in [-0.1, -0.05) is 30.3 Å². The zero-order chi connectivity index (χ0) is 17.8. The first-order chi connectivity index (χ1) is 12.0. The number of amides is 1. The first-order valence-electron chi connectivity index (χ1n) is 7.90. The largest absolute Gasteiger partial charge is 0.354 e. The molecule has 0 fully saturated rings. The summed E-state index contributed by atoms with van der Waals surface area (Å²) < 4.78 is 13.6. The maximum Gasteiger partial charge on any atom is 0.259 e. The van der Waals surface area contributed by atoms with Crippen molar-refractivity contribution in [1.82, 2.24) is 4.98 Å². The lowest BCUT2D eigenvalue weighted by atomic mass is 10.1. The molecule has 0 bridgehead atoms. The SMILES string of the molecule is Cc1cccc(C)c1Nc1ccc(NC(=O)c2ccccc2F)nc1. The Balaban J connectivity index is 1.72. The standard InChI is InChI=1S/C20H18FN3O/c1-13-6-5-7-14(2)19(13)23-15-10-11-18(22-12-15)24-20(25)16-8-3-4-9-17(16)21/h3-12,23H,1-2H3,(H,22,24,25). The lowest BCUT2D eigenvalue weighted by molar-refractivity contribution is 0.102. The van der Waals surface area contributed by atoms with E-state index in [1.165, 1.54) is 12.1 Å². The van der Waals surface area contributed by atoms with Gasteiger partial charge in [0.2, 0.25) is 0 Å². The topological polar surface area (TPSA) is 54.0 Å². The number of hydrogen-bond donors (Lipinski definition) is 2. The van der Waals surface area contributed by atoms with Crippen LogP contribution in [0.5, 0.6) is 0 Å². The number of hydrogen-bond acceptors (Lipinski definition) is 3. The van der Waals surface area contributed by atoms with Crippen LogP contribution in [-0.2, 0) is 0 Å². The van der Waals surface area contributed by atoms with Crippen molar-refractivity contribution in [2.45, 2.75) is 13.8 Å². The number of para-hydroxylation sites is 1. The fourth-order valence-corrected chi connectivity index (χ4v) is 2.53. The molecule has 0 aliphatic rings. The Morgan fingerprint density at radius 3 is 2.32 bits per heavy atom. The second-order valence-corrected chi connectivity index (χ2v) is 5.76. The summed E-state index contributed by atoms with van der Waals surface area (Å²) in [7, 11) is 0. The minimum Gasteiger partial charge on any atom is -0.354 e.